The molecule has 1 amide bonds. The Labute approximate surface area is 127 Å². The monoisotopic (exact) mass is 355 g/mol. The molecule has 0 radical (unpaired) electrons. The van der Waals surface area contributed by atoms with Gasteiger partial charge in [0, 0.05) is 23.4 Å². The van der Waals surface area contributed by atoms with Crippen molar-refractivity contribution in [3.63, 3.8) is 0 Å². The summed E-state index contributed by atoms with van der Waals surface area (Å²) in [4.78, 5) is 10.5. The highest BCUT2D eigenvalue weighted by molar-refractivity contribution is 9.09. The minimum atomic E-state index is -0.961. The van der Waals surface area contributed by atoms with E-state index in [1.54, 1.807) is 18.2 Å². The number of rotatable bonds is 2. The third kappa shape index (κ3) is 2.55. The van der Waals surface area contributed by atoms with Gasteiger partial charge >= 0.3 is 0 Å². The van der Waals surface area contributed by atoms with Crippen LogP contribution in [0.15, 0.2) is 30.3 Å². The Kier molecular flexibility index (Phi) is 3.49. The van der Waals surface area contributed by atoms with Crippen LogP contribution in [0.3, 0.4) is 0 Å². The summed E-state index contributed by atoms with van der Waals surface area (Å²) in [6, 6.07) is 6.33. The van der Waals surface area contributed by atoms with Gasteiger partial charge in [0.05, 0.1) is 11.2 Å². The maximum atomic E-state index is 13.8. The van der Waals surface area contributed by atoms with Gasteiger partial charge in [-0.2, -0.15) is 0 Å². The van der Waals surface area contributed by atoms with E-state index in [0.717, 1.165) is 5.56 Å². The number of hydrogen-bond donors (Lipinski definition) is 1. The number of carbonyl (C=O) groups is 1. The van der Waals surface area contributed by atoms with Crippen molar-refractivity contribution < 1.29 is 18.0 Å². The standard InChI is InChI=1S/C15H9BrF3NO/c16-15(14-10(18)5-9(17)6-11(14)19)7-1-2-12-8(3-7)4-13(21)20-12/h1-3,5-6,15H,4H2,(H,20,21). The number of anilines is 1. The van der Waals surface area contributed by atoms with Crippen LogP contribution in [0.1, 0.15) is 21.5 Å². The molecule has 1 heterocycles. The first-order valence-electron chi connectivity index (χ1n) is 6.17. The molecule has 0 fully saturated rings. The van der Waals surface area contributed by atoms with Gasteiger partial charge in [0.15, 0.2) is 0 Å². The van der Waals surface area contributed by atoms with Crippen LogP contribution in [0.4, 0.5) is 18.9 Å². The number of halogens is 4. The summed E-state index contributed by atoms with van der Waals surface area (Å²) in [7, 11) is 0. The fraction of sp³-hybridized carbons (Fsp3) is 0.133. The summed E-state index contributed by atoms with van der Waals surface area (Å²) in [5, 5.41) is 2.68. The predicted octanol–water partition coefficient (Wildman–Crippen LogP) is 4.08. The van der Waals surface area contributed by atoms with Crippen molar-refractivity contribution in [3.05, 3.63) is 64.5 Å². The molecule has 1 unspecified atom stereocenters. The van der Waals surface area contributed by atoms with E-state index >= 15 is 0 Å². The molecule has 0 spiro atoms. The molecule has 1 aliphatic heterocycles. The van der Waals surface area contributed by atoms with Gasteiger partial charge in [0.25, 0.3) is 0 Å². The second-order valence-electron chi connectivity index (χ2n) is 4.79. The number of fused-ring (bicyclic) bond motifs is 1. The number of benzene rings is 2. The van der Waals surface area contributed by atoms with E-state index in [1.165, 1.54) is 0 Å². The molecule has 0 saturated carbocycles. The van der Waals surface area contributed by atoms with E-state index in [9.17, 15) is 18.0 Å². The molecular formula is C15H9BrF3NO. The molecular weight excluding hydrogens is 347 g/mol. The Morgan fingerprint density at radius 3 is 2.43 bits per heavy atom. The highest BCUT2D eigenvalue weighted by atomic mass is 79.9. The number of nitrogens with one attached hydrogen (secondary N) is 1. The van der Waals surface area contributed by atoms with Gasteiger partial charge < -0.3 is 5.32 Å². The Balaban J connectivity index is 2.02. The van der Waals surface area contributed by atoms with Crippen molar-refractivity contribution >= 4 is 27.5 Å². The molecule has 0 bridgehead atoms. The fourth-order valence-electron chi connectivity index (χ4n) is 2.37. The molecule has 1 atom stereocenters. The Morgan fingerprint density at radius 2 is 1.76 bits per heavy atom. The molecule has 108 valence electrons. The highest BCUT2D eigenvalue weighted by Gasteiger charge is 2.23. The van der Waals surface area contributed by atoms with E-state index in [0.29, 0.717) is 23.4 Å². The molecule has 21 heavy (non-hydrogen) atoms. The molecule has 1 aliphatic rings. The van der Waals surface area contributed by atoms with Gasteiger partial charge in [-0.25, -0.2) is 13.2 Å². The summed E-state index contributed by atoms with van der Waals surface area (Å²) in [5.41, 5.74) is 1.80. The lowest BCUT2D eigenvalue weighted by atomic mass is 10.0. The van der Waals surface area contributed by atoms with Crippen LogP contribution in [0.5, 0.6) is 0 Å². The molecule has 1 N–H and O–H groups in total. The van der Waals surface area contributed by atoms with Crippen LogP contribution in [0.2, 0.25) is 0 Å². The fourth-order valence-corrected chi connectivity index (χ4v) is 3.09. The van der Waals surface area contributed by atoms with Crippen LogP contribution in [-0.2, 0) is 11.2 Å². The number of alkyl halides is 1. The second kappa shape index (κ2) is 5.18. The minimum Gasteiger partial charge on any atom is -0.326 e. The van der Waals surface area contributed by atoms with Crippen molar-refractivity contribution in [3.8, 4) is 0 Å². The SMILES string of the molecule is O=C1Cc2cc(C(Br)c3c(F)cc(F)cc3F)ccc2N1. The van der Waals surface area contributed by atoms with Gasteiger partial charge in [-0.05, 0) is 17.2 Å². The lowest BCUT2D eigenvalue weighted by Crippen LogP contribution is -2.03. The van der Waals surface area contributed by atoms with Crippen LogP contribution < -0.4 is 5.32 Å². The zero-order chi connectivity index (χ0) is 15.1. The maximum Gasteiger partial charge on any atom is 0.228 e. The third-order valence-corrected chi connectivity index (χ3v) is 4.33. The lowest BCUT2D eigenvalue weighted by Gasteiger charge is -2.14. The molecule has 6 heteroatoms. The molecule has 2 aromatic rings. The summed E-state index contributed by atoms with van der Waals surface area (Å²) >= 11 is 3.24. The first-order chi connectivity index (χ1) is 9.95. The first-order valence-corrected chi connectivity index (χ1v) is 7.08. The summed E-state index contributed by atoms with van der Waals surface area (Å²) in [6.07, 6.45) is 0.233. The zero-order valence-electron chi connectivity index (χ0n) is 10.6. The van der Waals surface area contributed by atoms with Crippen molar-refractivity contribution in [2.75, 3.05) is 5.32 Å². The van der Waals surface area contributed by atoms with Crippen molar-refractivity contribution in [2.24, 2.45) is 0 Å². The van der Waals surface area contributed by atoms with E-state index in [4.69, 9.17) is 0 Å². The van der Waals surface area contributed by atoms with Crippen molar-refractivity contribution in [2.45, 2.75) is 11.2 Å². The molecule has 0 saturated heterocycles. The molecule has 2 aromatic carbocycles. The van der Waals surface area contributed by atoms with Crippen LogP contribution in [0.25, 0.3) is 0 Å². The summed E-state index contributed by atoms with van der Waals surface area (Å²) in [5.74, 6) is -2.99. The van der Waals surface area contributed by atoms with E-state index in [-0.39, 0.29) is 17.9 Å². The van der Waals surface area contributed by atoms with Gasteiger partial charge in [-0.3, -0.25) is 4.79 Å². The second-order valence-corrected chi connectivity index (χ2v) is 5.70. The van der Waals surface area contributed by atoms with Gasteiger partial charge in [0.1, 0.15) is 17.5 Å². The predicted molar refractivity (Wildman–Crippen MR) is 75.9 cm³/mol. The molecule has 0 aromatic heterocycles. The van der Waals surface area contributed by atoms with Gasteiger partial charge in [-0.1, -0.05) is 28.1 Å². The van der Waals surface area contributed by atoms with Crippen LogP contribution in [-0.4, -0.2) is 5.91 Å². The largest absolute Gasteiger partial charge is 0.326 e. The molecule has 2 nitrogen and oxygen atoms in total. The lowest BCUT2D eigenvalue weighted by molar-refractivity contribution is -0.115. The number of amides is 1. The van der Waals surface area contributed by atoms with E-state index in [2.05, 4.69) is 21.2 Å². The minimum absolute atomic E-state index is 0.118. The van der Waals surface area contributed by atoms with Crippen molar-refractivity contribution in [1.82, 2.24) is 0 Å². The van der Waals surface area contributed by atoms with Gasteiger partial charge in [0.2, 0.25) is 5.91 Å². The van der Waals surface area contributed by atoms with E-state index in [1.807, 2.05) is 0 Å². The highest BCUT2D eigenvalue weighted by Crippen LogP contribution is 2.37. The van der Waals surface area contributed by atoms with Crippen LogP contribution in [0, 0.1) is 17.5 Å². The molecule has 0 aliphatic carbocycles. The average Bonchev–Trinajstić information content (AvgIpc) is 2.76. The van der Waals surface area contributed by atoms with E-state index < -0.39 is 22.3 Å². The Bertz CT molecular complexity index is 725. The topological polar surface area (TPSA) is 29.1 Å². The molecule has 3 rings (SSSR count). The maximum absolute atomic E-state index is 13.8. The quantitative estimate of drug-likeness (QED) is 0.808. The number of carbonyl (C=O) groups excluding carboxylic acids is 1. The Hall–Kier alpha value is -1.82. The smallest absolute Gasteiger partial charge is 0.228 e. The number of hydrogen-bond acceptors (Lipinski definition) is 1. The normalized spacial score (nSPS) is 14.8. The zero-order valence-corrected chi connectivity index (χ0v) is 12.2. The van der Waals surface area contributed by atoms with Gasteiger partial charge in [-0.15, -0.1) is 0 Å². The average molecular weight is 356 g/mol. The Morgan fingerprint density at radius 1 is 1.10 bits per heavy atom. The third-order valence-electron chi connectivity index (χ3n) is 3.34. The van der Waals surface area contributed by atoms with Crippen molar-refractivity contribution in [1.29, 1.82) is 0 Å². The van der Waals surface area contributed by atoms with Crippen LogP contribution >= 0.6 is 15.9 Å². The first kappa shape index (κ1) is 14.1. The summed E-state index contributed by atoms with van der Waals surface area (Å²) in [6.45, 7) is 0. The summed E-state index contributed by atoms with van der Waals surface area (Å²) < 4.78 is 40.6.